The molecular weight excluding hydrogens is 420 g/mol. The molecule has 0 unspecified atom stereocenters. The second-order valence-corrected chi connectivity index (χ2v) is 9.32. The monoisotopic (exact) mass is 442 g/mol. The second kappa shape index (κ2) is 9.89. The van der Waals surface area contributed by atoms with Crippen LogP contribution in [0, 0.1) is 0 Å². The lowest BCUT2D eigenvalue weighted by molar-refractivity contribution is 0.1000. The highest BCUT2D eigenvalue weighted by Crippen LogP contribution is 2.21. The number of nitrogens with two attached hydrogens (primary N) is 1. The van der Waals surface area contributed by atoms with Gasteiger partial charge in [0, 0.05) is 23.7 Å². The van der Waals surface area contributed by atoms with Crippen molar-refractivity contribution in [2.75, 3.05) is 6.54 Å². The molecule has 2 N–H and O–H groups in total. The van der Waals surface area contributed by atoms with Gasteiger partial charge < -0.3 is 5.73 Å². The fourth-order valence-corrected chi connectivity index (χ4v) is 4.71. The van der Waals surface area contributed by atoms with E-state index in [1.165, 1.54) is 16.4 Å². The Morgan fingerprint density at radius 1 is 0.867 bits per heavy atom. The predicted molar refractivity (Wildman–Crippen MR) is 119 cm³/mol. The molecule has 0 aromatic heterocycles. The van der Waals surface area contributed by atoms with Gasteiger partial charge >= 0.3 is 0 Å². The summed E-state index contributed by atoms with van der Waals surface area (Å²) in [7, 11) is -3.71. The van der Waals surface area contributed by atoms with E-state index in [0.717, 1.165) is 17.5 Å². The molecule has 0 aliphatic heterocycles. The average Bonchev–Trinajstić information content (AvgIpc) is 2.74. The molecule has 0 saturated heterocycles. The minimum atomic E-state index is -3.71. The first kappa shape index (κ1) is 22.0. The minimum absolute atomic E-state index is 0.193. The van der Waals surface area contributed by atoms with Gasteiger partial charge in [0.05, 0.1) is 4.90 Å². The highest BCUT2D eigenvalue weighted by Gasteiger charge is 2.24. The van der Waals surface area contributed by atoms with Crippen molar-refractivity contribution in [2.45, 2.75) is 24.3 Å². The summed E-state index contributed by atoms with van der Waals surface area (Å²) < 4.78 is 28.0. The summed E-state index contributed by atoms with van der Waals surface area (Å²) in [6.07, 6.45) is 1.45. The largest absolute Gasteiger partial charge is 0.366 e. The Kier molecular flexibility index (Phi) is 7.26. The maximum absolute atomic E-state index is 13.3. The number of rotatable bonds is 9. The zero-order chi connectivity index (χ0) is 21.6. The van der Waals surface area contributed by atoms with Crippen molar-refractivity contribution in [3.05, 3.63) is 101 Å². The first-order valence-corrected chi connectivity index (χ1v) is 11.4. The quantitative estimate of drug-likeness (QED) is 0.537. The highest BCUT2D eigenvalue weighted by molar-refractivity contribution is 7.89. The van der Waals surface area contributed by atoms with Crippen LogP contribution in [-0.4, -0.2) is 25.2 Å². The van der Waals surface area contributed by atoms with Gasteiger partial charge in [-0.25, -0.2) is 8.42 Å². The molecule has 5 nitrogen and oxygen atoms in total. The van der Waals surface area contributed by atoms with Crippen molar-refractivity contribution in [3.63, 3.8) is 0 Å². The lowest BCUT2D eigenvalue weighted by Crippen LogP contribution is -2.32. The Morgan fingerprint density at radius 2 is 1.50 bits per heavy atom. The molecule has 0 fully saturated rings. The molecule has 0 atom stereocenters. The maximum Gasteiger partial charge on any atom is 0.248 e. The summed E-state index contributed by atoms with van der Waals surface area (Å²) in [6, 6.07) is 22.8. The zero-order valence-electron chi connectivity index (χ0n) is 16.4. The fraction of sp³-hybridized carbons (Fsp3) is 0.174. The molecule has 0 aliphatic carbocycles. The number of carbonyl (C=O) groups is 1. The standard InChI is InChI=1S/C23H23ClN2O3S/c24-21-12-14-22(15-13-21)30(28,29)26(16-4-7-18-5-2-1-3-6-18)17-19-8-10-20(11-9-19)23(25)27/h1-3,5-6,8-15H,4,7,16-17H2,(H2,25,27). The topological polar surface area (TPSA) is 80.5 Å². The predicted octanol–water partition coefficient (Wildman–Crippen LogP) is 4.26. The van der Waals surface area contributed by atoms with Gasteiger partial charge in [-0.3, -0.25) is 4.79 Å². The third-order valence-corrected chi connectivity index (χ3v) is 6.88. The molecule has 0 aliphatic rings. The van der Waals surface area contributed by atoms with Crippen LogP contribution in [0.3, 0.4) is 0 Å². The second-order valence-electron chi connectivity index (χ2n) is 6.94. The Morgan fingerprint density at radius 3 is 2.10 bits per heavy atom. The third kappa shape index (κ3) is 5.69. The number of amides is 1. The lowest BCUT2D eigenvalue weighted by atomic mass is 10.1. The van der Waals surface area contributed by atoms with Gasteiger partial charge in [0.2, 0.25) is 15.9 Å². The van der Waals surface area contributed by atoms with E-state index in [1.54, 1.807) is 36.4 Å². The molecule has 0 heterocycles. The first-order valence-electron chi connectivity index (χ1n) is 9.54. The summed E-state index contributed by atoms with van der Waals surface area (Å²) in [6.45, 7) is 0.552. The lowest BCUT2D eigenvalue weighted by Gasteiger charge is -2.22. The van der Waals surface area contributed by atoms with Crippen molar-refractivity contribution < 1.29 is 13.2 Å². The van der Waals surface area contributed by atoms with E-state index in [4.69, 9.17) is 17.3 Å². The molecule has 0 saturated carbocycles. The van der Waals surface area contributed by atoms with Crippen molar-refractivity contribution in [1.82, 2.24) is 4.31 Å². The van der Waals surface area contributed by atoms with E-state index in [0.29, 0.717) is 23.6 Å². The SMILES string of the molecule is NC(=O)c1ccc(CN(CCCc2ccccc2)S(=O)(=O)c2ccc(Cl)cc2)cc1. The number of hydrogen-bond acceptors (Lipinski definition) is 3. The van der Waals surface area contributed by atoms with E-state index >= 15 is 0 Å². The Labute approximate surface area is 182 Å². The number of carbonyl (C=O) groups excluding carboxylic acids is 1. The third-order valence-electron chi connectivity index (χ3n) is 4.76. The summed E-state index contributed by atoms with van der Waals surface area (Å²) in [5.41, 5.74) is 7.61. The van der Waals surface area contributed by atoms with Crippen LogP contribution in [0.2, 0.25) is 5.02 Å². The molecular formula is C23H23ClN2O3S. The van der Waals surface area contributed by atoms with Crippen LogP contribution in [0.15, 0.2) is 83.8 Å². The Balaban J connectivity index is 1.81. The number of aryl methyl sites for hydroxylation is 1. The van der Waals surface area contributed by atoms with Gasteiger partial charge in [0.15, 0.2) is 0 Å². The molecule has 30 heavy (non-hydrogen) atoms. The van der Waals surface area contributed by atoms with Crippen molar-refractivity contribution >= 4 is 27.5 Å². The zero-order valence-corrected chi connectivity index (χ0v) is 17.9. The normalized spacial score (nSPS) is 11.5. The van der Waals surface area contributed by atoms with Crippen LogP contribution in [-0.2, 0) is 23.0 Å². The van der Waals surface area contributed by atoms with Crippen LogP contribution < -0.4 is 5.73 Å². The average molecular weight is 443 g/mol. The van der Waals surface area contributed by atoms with E-state index in [1.807, 2.05) is 30.3 Å². The van der Waals surface area contributed by atoms with Crippen LogP contribution in [0.1, 0.15) is 27.9 Å². The van der Waals surface area contributed by atoms with Crippen molar-refractivity contribution in [1.29, 1.82) is 0 Å². The molecule has 0 radical (unpaired) electrons. The number of halogens is 1. The van der Waals surface area contributed by atoms with Crippen LogP contribution in [0.5, 0.6) is 0 Å². The van der Waals surface area contributed by atoms with Crippen LogP contribution in [0.25, 0.3) is 0 Å². The van der Waals surface area contributed by atoms with Gasteiger partial charge in [0.25, 0.3) is 0 Å². The fourth-order valence-electron chi connectivity index (χ4n) is 3.12. The van der Waals surface area contributed by atoms with E-state index in [9.17, 15) is 13.2 Å². The van der Waals surface area contributed by atoms with Crippen molar-refractivity contribution in [2.24, 2.45) is 5.73 Å². The molecule has 1 amide bonds. The number of sulfonamides is 1. The first-order chi connectivity index (χ1) is 14.4. The van der Waals surface area contributed by atoms with Gasteiger partial charge in [-0.05, 0) is 60.4 Å². The smallest absolute Gasteiger partial charge is 0.248 e. The van der Waals surface area contributed by atoms with Crippen LogP contribution in [0.4, 0.5) is 0 Å². The summed E-state index contributed by atoms with van der Waals surface area (Å²) in [5, 5.41) is 0.478. The molecule has 0 bridgehead atoms. The van der Waals surface area contributed by atoms with E-state index < -0.39 is 15.9 Å². The number of benzene rings is 3. The highest BCUT2D eigenvalue weighted by atomic mass is 35.5. The number of primary amides is 1. The molecule has 0 spiro atoms. The van der Waals surface area contributed by atoms with E-state index in [-0.39, 0.29) is 11.4 Å². The van der Waals surface area contributed by atoms with Gasteiger partial charge in [-0.2, -0.15) is 4.31 Å². The summed E-state index contributed by atoms with van der Waals surface area (Å²) >= 11 is 5.92. The van der Waals surface area contributed by atoms with Crippen molar-refractivity contribution in [3.8, 4) is 0 Å². The summed E-state index contributed by atoms with van der Waals surface area (Å²) in [5.74, 6) is -0.518. The maximum atomic E-state index is 13.3. The van der Waals surface area contributed by atoms with Crippen LogP contribution >= 0.6 is 11.6 Å². The molecule has 156 valence electrons. The molecule has 3 aromatic carbocycles. The Bertz CT molecular complexity index is 1080. The molecule has 7 heteroatoms. The minimum Gasteiger partial charge on any atom is -0.366 e. The number of nitrogens with zero attached hydrogens (tertiary/aromatic N) is 1. The van der Waals surface area contributed by atoms with Gasteiger partial charge in [-0.15, -0.1) is 0 Å². The summed E-state index contributed by atoms with van der Waals surface area (Å²) in [4.78, 5) is 11.5. The van der Waals surface area contributed by atoms with Gasteiger partial charge in [0.1, 0.15) is 0 Å². The number of hydrogen-bond donors (Lipinski definition) is 1. The Hall–Kier alpha value is -2.67. The molecule has 3 rings (SSSR count). The van der Waals surface area contributed by atoms with Gasteiger partial charge in [-0.1, -0.05) is 54.1 Å². The molecule has 3 aromatic rings. The van der Waals surface area contributed by atoms with E-state index in [2.05, 4.69) is 0 Å².